The Balaban J connectivity index is 1.69. The van der Waals surface area contributed by atoms with Gasteiger partial charge in [0.25, 0.3) is 5.91 Å². The Morgan fingerprint density at radius 1 is 1.21 bits per heavy atom. The van der Waals surface area contributed by atoms with E-state index in [0.29, 0.717) is 5.75 Å². The quantitative estimate of drug-likeness (QED) is 0.581. The zero-order valence-corrected chi connectivity index (χ0v) is 15.9. The zero-order chi connectivity index (χ0) is 17.1. The molecule has 24 heavy (non-hydrogen) atoms. The van der Waals surface area contributed by atoms with Gasteiger partial charge < -0.3 is 9.64 Å². The average molecular weight is 404 g/mol. The summed E-state index contributed by atoms with van der Waals surface area (Å²) in [6, 6.07) is 16.0. The summed E-state index contributed by atoms with van der Waals surface area (Å²) in [4.78, 5) is 15.3. The van der Waals surface area contributed by atoms with Crippen molar-refractivity contribution in [1.82, 2.24) is 4.90 Å². The van der Waals surface area contributed by atoms with Crippen LogP contribution in [0.5, 0.6) is 5.75 Å². The third-order valence-corrected chi connectivity index (χ3v) is 5.97. The van der Waals surface area contributed by atoms with Crippen molar-refractivity contribution in [3.63, 3.8) is 0 Å². The number of carbonyl (C=O) groups excluding carboxylic acids is 1. The minimum absolute atomic E-state index is 0.0170. The first-order valence-corrected chi connectivity index (χ1v) is 9.34. The molecule has 0 fully saturated rings. The molecule has 1 amide bonds. The van der Waals surface area contributed by atoms with Gasteiger partial charge in [-0.3, -0.25) is 4.79 Å². The second-order valence-electron chi connectivity index (χ2n) is 5.58. The Bertz CT molecular complexity index is 848. The van der Waals surface area contributed by atoms with Crippen LogP contribution in [0, 0.1) is 0 Å². The van der Waals surface area contributed by atoms with E-state index in [1.165, 1.54) is 0 Å². The summed E-state index contributed by atoms with van der Waals surface area (Å²) < 4.78 is 6.64. The molecule has 1 unspecified atom stereocenters. The van der Waals surface area contributed by atoms with Gasteiger partial charge in [0.15, 0.2) is 6.61 Å². The van der Waals surface area contributed by atoms with E-state index in [0.717, 1.165) is 20.1 Å². The highest BCUT2D eigenvalue weighted by atomic mass is 79.9. The third-order valence-electron chi connectivity index (χ3n) is 4.11. The first-order chi connectivity index (χ1) is 11.6. The molecule has 5 heteroatoms. The van der Waals surface area contributed by atoms with Crippen LogP contribution in [0.3, 0.4) is 0 Å². The van der Waals surface area contributed by atoms with Crippen LogP contribution in [0.2, 0.25) is 0 Å². The number of ether oxygens (including phenoxy) is 1. The third kappa shape index (κ3) is 3.47. The monoisotopic (exact) mass is 403 g/mol. The Morgan fingerprint density at radius 3 is 2.75 bits per heavy atom. The van der Waals surface area contributed by atoms with Crippen LogP contribution in [0.1, 0.15) is 17.8 Å². The van der Waals surface area contributed by atoms with Crippen molar-refractivity contribution in [2.45, 2.75) is 13.0 Å². The summed E-state index contributed by atoms with van der Waals surface area (Å²) in [6.45, 7) is 2.04. The number of hydrogen-bond donors (Lipinski definition) is 0. The molecule has 1 aromatic heterocycles. The summed E-state index contributed by atoms with van der Waals surface area (Å²) in [5.74, 6) is 0.634. The molecule has 3 aromatic rings. The fraction of sp³-hybridized carbons (Fsp3) is 0.211. The molecule has 1 heterocycles. The van der Waals surface area contributed by atoms with Gasteiger partial charge in [0.2, 0.25) is 0 Å². The van der Waals surface area contributed by atoms with Crippen LogP contribution in [-0.4, -0.2) is 24.5 Å². The molecule has 0 saturated heterocycles. The minimum atomic E-state index is -0.0454. The van der Waals surface area contributed by atoms with E-state index in [2.05, 4.69) is 15.9 Å². The van der Waals surface area contributed by atoms with Crippen molar-refractivity contribution < 1.29 is 9.53 Å². The van der Waals surface area contributed by atoms with Crippen molar-refractivity contribution in [3.8, 4) is 5.75 Å². The summed E-state index contributed by atoms with van der Waals surface area (Å²) in [7, 11) is 1.81. The lowest BCUT2D eigenvalue weighted by Gasteiger charge is -2.24. The molecule has 0 N–H and O–H groups in total. The first kappa shape index (κ1) is 17.0. The van der Waals surface area contributed by atoms with Crippen molar-refractivity contribution in [2.24, 2.45) is 0 Å². The predicted octanol–water partition coefficient (Wildman–Crippen LogP) is 5.26. The molecule has 3 rings (SSSR count). The highest BCUT2D eigenvalue weighted by Crippen LogP contribution is 2.33. The van der Waals surface area contributed by atoms with Gasteiger partial charge in [-0.25, -0.2) is 0 Å². The van der Waals surface area contributed by atoms with Crippen LogP contribution in [0.25, 0.3) is 10.8 Å². The van der Waals surface area contributed by atoms with E-state index in [4.69, 9.17) is 4.74 Å². The maximum Gasteiger partial charge on any atom is 0.260 e. The Kier molecular flexibility index (Phi) is 5.21. The van der Waals surface area contributed by atoms with Gasteiger partial charge in [-0.15, -0.1) is 11.3 Å². The van der Waals surface area contributed by atoms with E-state index in [1.807, 2.05) is 67.9 Å². The Hall–Kier alpha value is -1.85. The summed E-state index contributed by atoms with van der Waals surface area (Å²) in [6.07, 6.45) is 0. The van der Waals surface area contributed by atoms with Gasteiger partial charge in [-0.05, 0) is 51.1 Å². The molecule has 0 aliphatic rings. The molecule has 0 aliphatic heterocycles. The molecule has 0 radical (unpaired) electrons. The topological polar surface area (TPSA) is 29.5 Å². The van der Waals surface area contributed by atoms with E-state index >= 15 is 0 Å². The van der Waals surface area contributed by atoms with Gasteiger partial charge in [0, 0.05) is 11.9 Å². The summed E-state index contributed by atoms with van der Waals surface area (Å²) >= 11 is 5.23. The number of thiophene rings is 1. The van der Waals surface area contributed by atoms with Gasteiger partial charge in [0.1, 0.15) is 5.75 Å². The van der Waals surface area contributed by atoms with Gasteiger partial charge >= 0.3 is 0 Å². The van der Waals surface area contributed by atoms with E-state index in [9.17, 15) is 4.79 Å². The number of carbonyl (C=O) groups is 1. The molecule has 1 atom stereocenters. The van der Waals surface area contributed by atoms with Crippen molar-refractivity contribution >= 4 is 43.9 Å². The normalized spacial score (nSPS) is 12.1. The highest BCUT2D eigenvalue weighted by molar-refractivity contribution is 9.10. The zero-order valence-electron chi connectivity index (χ0n) is 13.5. The van der Waals surface area contributed by atoms with Gasteiger partial charge in [-0.2, -0.15) is 0 Å². The second kappa shape index (κ2) is 7.36. The lowest BCUT2D eigenvalue weighted by Crippen LogP contribution is -2.33. The van der Waals surface area contributed by atoms with Crippen molar-refractivity contribution in [2.75, 3.05) is 13.7 Å². The van der Waals surface area contributed by atoms with E-state index in [-0.39, 0.29) is 18.6 Å². The number of hydrogen-bond acceptors (Lipinski definition) is 3. The SMILES string of the molecule is CC(c1cccs1)N(C)C(=O)COc1ccc2ccccc2c1Br. The van der Waals surface area contributed by atoms with Crippen LogP contribution in [0.4, 0.5) is 0 Å². The molecule has 0 saturated carbocycles. The Labute approximate surface area is 154 Å². The second-order valence-corrected chi connectivity index (χ2v) is 7.36. The molecule has 0 spiro atoms. The van der Waals surface area contributed by atoms with E-state index < -0.39 is 0 Å². The number of rotatable bonds is 5. The maximum atomic E-state index is 12.4. The maximum absolute atomic E-state index is 12.4. The standard InChI is InChI=1S/C19H18BrNO2S/c1-13(17-8-5-11-24-17)21(2)18(22)12-23-16-10-9-14-6-3-4-7-15(14)19(16)20/h3-11,13H,12H2,1-2H3. The molecular formula is C19H18BrNO2S. The Morgan fingerprint density at radius 2 is 2.00 bits per heavy atom. The number of nitrogens with zero attached hydrogens (tertiary/aromatic N) is 1. The number of fused-ring (bicyclic) bond motifs is 1. The fourth-order valence-electron chi connectivity index (χ4n) is 2.50. The van der Waals surface area contributed by atoms with E-state index in [1.54, 1.807) is 16.2 Å². The molecule has 0 bridgehead atoms. The fourth-order valence-corrected chi connectivity index (χ4v) is 3.94. The number of halogens is 1. The summed E-state index contributed by atoms with van der Waals surface area (Å²) in [5.41, 5.74) is 0. The first-order valence-electron chi connectivity index (χ1n) is 7.67. The van der Waals surface area contributed by atoms with Crippen molar-refractivity contribution in [3.05, 3.63) is 63.3 Å². The molecule has 124 valence electrons. The molecule has 3 nitrogen and oxygen atoms in total. The van der Waals surface area contributed by atoms with Crippen LogP contribution in [-0.2, 0) is 4.79 Å². The van der Waals surface area contributed by atoms with Gasteiger partial charge in [-0.1, -0.05) is 36.4 Å². The number of likely N-dealkylation sites (N-methyl/N-ethyl adjacent to an activating group) is 1. The lowest BCUT2D eigenvalue weighted by atomic mass is 10.1. The average Bonchev–Trinajstić information content (AvgIpc) is 3.14. The molecule has 2 aromatic carbocycles. The summed E-state index contributed by atoms with van der Waals surface area (Å²) in [5, 5.41) is 4.22. The predicted molar refractivity (Wildman–Crippen MR) is 103 cm³/mol. The number of amides is 1. The smallest absolute Gasteiger partial charge is 0.260 e. The van der Waals surface area contributed by atoms with Crippen LogP contribution in [0.15, 0.2) is 58.4 Å². The molecule has 0 aliphatic carbocycles. The largest absolute Gasteiger partial charge is 0.483 e. The van der Waals surface area contributed by atoms with Crippen LogP contribution < -0.4 is 4.74 Å². The highest BCUT2D eigenvalue weighted by Gasteiger charge is 2.19. The minimum Gasteiger partial charge on any atom is -0.483 e. The number of benzene rings is 2. The molecular weight excluding hydrogens is 386 g/mol. The lowest BCUT2D eigenvalue weighted by molar-refractivity contribution is -0.133. The van der Waals surface area contributed by atoms with Gasteiger partial charge in [0.05, 0.1) is 10.5 Å². The van der Waals surface area contributed by atoms with Crippen molar-refractivity contribution in [1.29, 1.82) is 0 Å². The van der Waals surface area contributed by atoms with Crippen LogP contribution >= 0.6 is 27.3 Å².